The number of hydrogen-bond acceptors (Lipinski definition) is 1. The van der Waals surface area contributed by atoms with Gasteiger partial charge in [-0.05, 0) is 30.1 Å². The Balaban J connectivity index is 2.15. The molecule has 1 N–H and O–H groups in total. The molecule has 1 aromatic rings. The van der Waals surface area contributed by atoms with Crippen LogP contribution in [0.4, 0.5) is 8.78 Å². The van der Waals surface area contributed by atoms with E-state index in [0.717, 1.165) is 17.2 Å². The second-order valence-electron chi connectivity index (χ2n) is 5.25. The quantitative estimate of drug-likeness (QED) is 0.835. The van der Waals surface area contributed by atoms with Gasteiger partial charge in [-0.1, -0.05) is 42.5 Å². The number of rotatable bonds is 6. The van der Waals surface area contributed by atoms with Gasteiger partial charge in [0.25, 0.3) is 5.92 Å². The topological polar surface area (TPSA) is 37.3 Å². The molecular formula is C17H18F2O2. The highest BCUT2D eigenvalue weighted by Gasteiger charge is 2.28. The lowest BCUT2D eigenvalue weighted by atomic mass is 9.84. The maximum Gasteiger partial charge on any atom is 0.303 e. The third-order valence-electron chi connectivity index (χ3n) is 3.62. The van der Waals surface area contributed by atoms with Crippen molar-refractivity contribution < 1.29 is 18.7 Å². The largest absolute Gasteiger partial charge is 0.481 e. The molecule has 4 heteroatoms. The van der Waals surface area contributed by atoms with Crippen LogP contribution in [0.25, 0.3) is 0 Å². The van der Waals surface area contributed by atoms with Crippen molar-refractivity contribution in [3.8, 4) is 0 Å². The average molecular weight is 292 g/mol. The molecule has 1 aromatic carbocycles. The maximum atomic E-state index is 13.2. The van der Waals surface area contributed by atoms with Gasteiger partial charge >= 0.3 is 5.97 Å². The van der Waals surface area contributed by atoms with Crippen LogP contribution in [-0.4, -0.2) is 17.0 Å². The SMILES string of the molecule is O=C(O)CCCC(C1=CCC(F)(F)C=C1)c1ccccc1. The summed E-state index contributed by atoms with van der Waals surface area (Å²) in [6.45, 7) is 0. The summed E-state index contributed by atoms with van der Waals surface area (Å²) in [5.41, 5.74) is 1.88. The van der Waals surface area contributed by atoms with E-state index in [1.807, 2.05) is 30.3 Å². The standard InChI is InChI=1S/C17H18F2O2/c18-17(19)11-9-14(10-12-17)15(7-4-8-16(20)21)13-5-2-1-3-6-13/h1-3,5-6,9-11,15H,4,7-8,12H2,(H,20,21). The van der Waals surface area contributed by atoms with E-state index in [0.29, 0.717) is 12.8 Å². The zero-order valence-corrected chi connectivity index (χ0v) is 11.6. The minimum Gasteiger partial charge on any atom is -0.481 e. The van der Waals surface area contributed by atoms with Crippen molar-refractivity contribution in [3.05, 3.63) is 59.7 Å². The highest BCUT2D eigenvalue weighted by Crippen LogP contribution is 2.36. The molecule has 1 aliphatic rings. The molecule has 1 atom stereocenters. The van der Waals surface area contributed by atoms with Gasteiger partial charge in [0, 0.05) is 18.8 Å². The predicted octanol–water partition coefficient (Wildman–Crippen LogP) is 4.55. The summed E-state index contributed by atoms with van der Waals surface area (Å²) in [5, 5.41) is 8.75. The van der Waals surface area contributed by atoms with Crippen molar-refractivity contribution in [2.24, 2.45) is 0 Å². The summed E-state index contributed by atoms with van der Waals surface area (Å²) < 4.78 is 26.4. The third-order valence-corrected chi connectivity index (χ3v) is 3.62. The molecule has 0 bridgehead atoms. The Hall–Kier alpha value is -1.97. The van der Waals surface area contributed by atoms with Crippen LogP contribution in [-0.2, 0) is 4.79 Å². The van der Waals surface area contributed by atoms with E-state index in [4.69, 9.17) is 5.11 Å². The summed E-state index contributed by atoms with van der Waals surface area (Å²) in [5.74, 6) is -3.63. The number of carbonyl (C=O) groups is 1. The zero-order valence-electron chi connectivity index (χ0n) is 11.6. The molecular weight excluding hydrogens is 274 g/mol. The van der Waals surface area contributed by atoms with E-state index in [1.54, 1.807) is 6.08 Å². The molecule has 0 spiro atoms. The van der Waals surface area contributed by atoms with Crippen LogP contribution >= 0.6 is 0 Å². The molecule has 21 heavy (non-hydrogen) atoms. The molecule has 1 unspecified atom stereocenters. The van der Waals surface area contributed by atoms with E-state index in [-0.39, 0.29) is 18.8 Å². The van der Waals surface area contributed by atoms with E-state index in [2.05, 4.69) is 0 Å². The fourth-order valence-corrected chi connectivity index (χ4v) is 2.54. The van der Waals surface area contributed by atoms with Crippen LogP contribution in [0.5, 0.6) is 0 Å². The molecule has 0 saturated heterocycles. The van der Waals surface area contributed by atoms with Crippen LogP contribution in [0, 0.1) is 0 Å². The number of hydrogen-bond donors (Lipinski definition) is 1. The van der Waals surface area contributed by atoms with Gasteiger partial charge in [0.2, 0.25) is 0 Å². The normalized spacial score (nSPS) is 18.1. The first-order valence-electron chi connectivity index (χ1n) is 7.02. The molecule has 0 saturated carbocycles. The van der Waals surface area contributed by atoms with Gasteiger partial charge in [-0.2, -0.15) is 0 Å². The fourth-order valence-electron chi connectivity index (χ4n) is 2.54. The summed E-state index contributed by atoms with van der Waals surface area (Å²) in [6, 6.07) is 9.61. The molecule has 0 aliphatic heterocycles. The molecule has 0 fully saturated rings. The second kappa shape index (κ2) is 6.66. The first-order valence-corrected chi connectivity index (χ1v) is 7.02. The Bertz CT molecular complexity index is 547. The Kier molecular flexibility index (Phi) is 4.89. The Morgan fingerprint density at radius 3 is 2.57 bits per heavy atom. The first-order chi connectivity index (χ1) is 9.98. The summed E-state index contributed by atoms with van der Waals surface area (Å²) in [4.78, 5) is 10.7. The van der Waals surface area contributed by atoms with Gasteiger partial charge in [0.05, 0.1) is 0 Å². The second-order valence-corrected chi connectivity index (χ2v) is 5.25. The molecule has 0 amide bonds. The van der Waals surface area contributed by atoms with Gasteiger partial charge in [0.15, 0.2) is 0 Å². The van der Waals surface area contributed by atoms with E-state index in [1.165, 1.54) is 6.08 Å². The van der Waals surface area contributed by atoms with Gasteiger partial charge in [0.1, 0.15) is 0 Å². The summed E-state index contributed by atoms with van der Waals surface area (Å²) >= 11 is 0. The smallest absolute Gasteiger partial charge is 0.303 e. The number of carboxylic acid groups (broad SMARTS) is 1. The highest BCUT2D eigenvalue weighted by molar-refractivity contribution is 5.66. The van der Waals surface area contributed by atoms with Gasteiger partial charge in [-0.15, -0.1) is 0 Å². The van der Waals surface area contributed by atoms with Crippen molar-refractivity contribution in [2.75, 3.05) is 0 Å². The lowest BCUT2D eigenvalue weighted by molar-refractivity contribution is -0.137. The van der Waals surface area contributed by atoms with Crippen molar-refractivity contribution in [1.29, 1.82) is 0 Å². The Morgan fingerprint density at radius 2 is 2.00 bits per heavy atom. The summed E-state index contributed by atoms with van der Waals surface area (Å²) in [7, 11) is 0. The lowest BCUT2D eigenvalue weighted by Gasteiger charge is -2.23. The van der Waals surface area contributed by atoms with Crippen molar-refractivity contribution in [2.45, 2.75) is 37.5 Å². The molecule has 2 nitrogen and oxygen atoms in total. The van der Waals surface area contributed by atoms with Crippen LogP contribution in [0.3, 0.4) is 0 Å². The fraction of sp³-hybridized carbons (Fsp3) is 0.353. The number of halogens is 2. The Morgan fingerprint density at radius 1 is 1.29 bits per heavy atom. The zero-order chi connectivity index (χ0) is 15.3. The molecule has 0 heterocycles. The van der Waals surface area contributed by atoms with Gasteiger partial charge in [-0.25, -0.2) is 8.78 Å². The molecule has 0 aromatic heterocycles. The predicted molar refractivity (Wildman–Crippen MR) is 77.5 cm³/mol. The van der Waals surface area contributed by atoms with Crippen LogP contribution in [0.1, 0.15) is 37.2 Å². The van der Waals surface area contributed by atoms with Crippen molar-refractivity contribution in [3.63, 3.8) is 0 Å². The van der Waals surface area contributed by atoms with Gasteiger partial charge < -0.3 is 5.11 Å². The summed E-state index contributed by atoms with van der Waals surface area (Å²) in [6.07, 6.45) is 4.95. The minimum atomic E-state index is -2.77. The van der Waals surface area contributed by atoms with Gasteiger partial charge in [-0.3, -0.25) is 4.79 Å². The average Bonchev–Trinajstić information content (AvgIpc) is 2.45. The molecule has 2 rings (SSSR count). The monoisotopic (exact) mass is 292 g/mol. The molecule has 0 radical (unpaired) electrons. The maximum absolute atomic E-state index is 13.2. The van der Waals surface area contributed by atoms with Crippen LogP contribution in [0.15, 0.2) is 54.1 Å². The minimum absolute atomic E-state index is 0.0297. The van der Waals surface area contributed by atoms with Crippen LogP contribution in [0.2, 0.25) is 0 Å². The Labute approximate surface area is 122 Å². The van der Waals surface area contributed by atoms with E-state index < -0.39 is 11.9 Å². The highest BCUT2D eigenvalue weighted by atomic mass is 19.3. The first kappa shape index (κ1) is 15.4. The number of benzene rings is 1. The number of carboxylic acids is 1. The lowest BCUT2D eigenvalue weighted by Crippen LogP contribution is -2.15. The number of alkyl halides is 2. The number of aliphatic carboxylic acids is 1. The van der Waals surface area contributed by atoms with Crippen molar-refractivity contribution in [1.82, 2.24) is 0 Å². The van der Waals surface area contributed by atoms with Crippen LogP contribution < -0.4 is 0 Å². The van der Waals surface area contributed by atoms with E-state index in [9.17, 15) is 13.6 Å². The van der Waals surface area contributed by atoms with E-state index >= 15 is 0 Å². The third kappa shape index (κ3) is 4.52. The molecule has 1 aliphatic carbocycles. The molecule has 112 valence electrons. The van der Waals surface area contributed by atoms with Crippen molar-refractivity contribution >= 4 is 5.97 Å². The number of allylic oxidation sites excluding steroid dienone is 4.